The Labute approximate surface area is 157 Å². The van der Waals surface area contributed by atoms with Gasteiger partial charge in [-0.15, -0.1) is 13.2 Å². The first-order valence-electron chi connectivity index (χ1n) is 8.13. The summed E-state index contributed by atoms with van der Waals surface area (Å²) < 4.78 is 40.8. The molecule has 1 unspecified atom stereocenters. The normalized spacial score (nSPS) is 16.9. The molecule has 1 aliphatic rings. The van der Waals surface area contributed by atoms with Crippen LogP contribution in [0.2, 0.25) is 0 Å². The van der Waals surface area contributed by atoms with Crippen LogP contribution in [0.15, 0.2) is 59.6 Å². The Morgan fingerprint density at radius 3 is 2.57 bits per heavy atom. The van der Waals surface area contributed by atoms with Crippen LogP contribution in [-0.4, -0.2) is 30.1 Å². The lowest BCUT2D eigenvalue weighted by atomic mass is 10.2. The number of hydrogen-bond donors (Lipinski definition) is 2. The van der Waals surface area contributed by atoms with Crippen molar-refractivity contribution in [3.8, 4) is 5.75 Å². The first-order chi connectivity index (χ1) is 13.2. The van der Waals surface area contributed by atoms with E-state index in [9.17, 15) is 22.8 Å². The van der Waals surface area contributed by atoms with Gasteiger partial charge in [0.2, 0.25) is 5.84 Å². The summed E-state index contributed by atoms with van der Waals surface area (Å²) in [6.07, 6.45) is -4.84. The van der Waals surface area contributed by atoms with Crippen LogP contribution in [0.1, 0.15) is 6.92 Å². The summed E-state index contributed by atoms with van der Waals surface area (Å²) >= 11 is 0. The Kier molecular flexibility index (Phi) is 5.21. The highest BCUT2D eigenvalue weighted by Crippen LogP contribution is 2.25. The fourth-order valence-electron chi connectivity index (χ4n) is 2.47. The zero-order chi connectivity index (χ0) is 20.3. The van der Waals surface area contributed by atoms with Crippen LogP contribution in [-0.2, 0) is 9.59 Å². The lowest BCUT2D eigenvalue weighted by Gasteiger charge is -2.30. The quantitative estimate of drug-likeness (QED) is 0.838. The zero-order valence-corrected chi connectivity index (χ0v) is 14.5. The van der Waals surface area contributed by atoms with Gasteiger partial charge >= 0.3 is 6.36 Å². The van der Waals surface area contributed by atoms with E-state index < -0.39 is 24.1 Å². The average Bonchev–Trinajstić information content (AvgIpc) is 2.63. The van der Waals surface area contributed by atoms with E-state index in [1.165, 1.54) is 24.1 Å². The molecule has 0 saturated carbocycles. The molecule has 1 atom stereocenters. The number of carbonyl (C=O) groups excluding carboxylic acids is 2. The van der Waals surface area contributed by atoms with E-state index in [4.69, 9.17) is 0 Å². The highest BCUT2D eigenvalue weighted by atomic mass is 19.4. The maximum atomic E-state index is 12.5. The van der Waals surface area contributed by atoms with E-state index in [2.05, 4.69) is 20.5 Å². The molecule has 146 valence electrons. The van der Waals surface area contributed by atoms with Crippen LogP contribution < -0.4 is 20.5 Å². The van der Waals surface area contributed by atoms with Crippen LogP contribution in [0.3, 0.4) is 0 Å². The van der Waals surface area contributed by atoms with Crippen molar-refractivity contribution in [1.82, 2.24) is 5.43 Å². The summed E-state index contributed by atoms with van der Waals surface area (Å²) in [5.74, 6) is -1.70. The Bertz CT molecular complexity index is 916. The van der Waals surface area contributed by atoms with E-state index in [1.807, 2.05) is 0 Å². The van der Waals surface area contributed by atoms with Crippen LogP contribution in [0, 0.1) is 0 Å². The number of halogens is 3. The smallest absolute Gasteiger partial charge is 0.406 e. The number of aliphatic imine (C=N–C) groups is 1. The number of hydrazine groups is 1. The number of nitrogens with one attached hydrogen (secondary N) is 2. The monoisotopic (exact) mass is 392 g/mol. The standard InChI is InChI=1S/C18H15F3N4O3/c1-11-17(27)25(13-7-3-2-4-8-13)24-15(22-11)16(26)23-12-6-5-9-14(10-12)28-18(19,20)21/h2-11H,1H3,(H,22,24)(H,23,26). The van der Waals surface area contributed by atoms with Gasteiger partial charge in [0.05, 0.1) is 5.69 Å². The average molecular weight is 392 g/mol. The second-order valence-electron chi connectivity index (χ2n) is 5.80. The van der Waals surface area contributed by atoms with Crippen molar-refractivity contribution in [2.24, 2.45) is 4.99 Å². The van der Waals surface area contributed by atoms with Crippen molar-refractivity contribution in [2.45, 2.75) is 19.3 Å². The minimum Gasteiger partial charge on any atom is -0.406 e. The predicted octanol–water partition coefficient (Wildman–Crippen LogP) is 2.86. The first kappa shape index (κ1) is 19.2. The third kappa shape index (κ3) is 4.58. The fraction of sp³-hybridized carbons (Fsp3) is 0.167. The van der Waals surface area contributed by atoms with E-state index in [0.717, 1.165) is 12.1 Å². The van der Waals surface area contributed by atoms with Gasteiger partial charge in [0.15, 0.2) is 0 Å². The summed E-state index contributed by atoms with van der Waals surface area (Å²) in [5.41, 5.74) is 3.22. The molecule has 2 aromatic carbocycles. The maximum absolute atomic E-state index is 12.5. The molecule has 0 radical (unpaired) electrons. The minimum absolute atomic E-state index is 0.0760. The minimum atomic E-state index is -4.84. The molecule has 10 heteroatoms. The maximum Gasteiger partial charge on any atom is 0.573 e. The van der Waals surface area contributed by atoms with Crippen molar-refractivity contribution < 1.29 is 27.5 Å². The van der Waals surface area contributed by atoms with Gasteiger partial charge in [-0.05, 0) is 31.2 Å². The van der Waals surface area contributed by atoms with Gasteiger partial charge in [0, 0.05) is 11.8 Å². The largest absolute Gasteiger partial charge is 0.573 e. The molecule has 0 aliphatic carbocycles. The number of nitrogens with zero attached hydrogens (tertiary/aromatic N) is 2. The van der Waals surface area contributed by atoms with Crippen molar-refractivity contribution >= 4 is 29.0 Å². The topological polar surface area (TPSA) is 83.0 Å². The zero-order valence-electron chi connectivity index (χ0n) is 14.5. The number of benzene rings is 2. The van der Waals surface area contributed by atoms with Crippen molar-refractivity contribution in [3.05, 3.63) is 54.6 Å². The van der Waals surface area contributed by atoms with E-state index >= 15 is 0 Å². The number of rotatable bonds is 4. The molecule has 0 saturated heterocycles. The molecule has 0 fully saturated rings. The number of amidine groups is 1. The summed E-state index contributed by atoms with van der Waals surface area (Å²) in [6, 6.07) is 12.6. The van der Waals surface area contributed by atoms with E-state index in [1.54, 1.807) is 30.3 Å². The molecule has 1 aliphatic heterocycles. The van der Waals surface area contributed by atoms with Gasteiger partial charge in [0.25, 0.3) is 11.8 Å². The molecule has 2 aromatic rings. The fourth-order valence-corrected chi connectivity index (χ4v) is 2.47. The number of alkyl halides is 3. The summed E-state index contributed by atoms with van der Waals surface area (Å²) in [4.78, 5) is 28.8. The second-order valence-corrected chi connectivity index (χ2v) is 5.80. The molecule has 0 spiro atoms. The molecule has 0 bridgehead atoms. The molecular weight excluding hydrogens is 377 g/mol. The number of para-hydroxylation sites is 1. The van der Waals surface area contributed by atoms with Gasteiger partial charge in [0.1, 0.15) is 11.8 Å². The van der Waals surface area contributed by atoms with Crippen molar-refractivity contribution in [2.75, 3.05) is 10.3 Å². The summed E-state index contributed by atoms with van der Waals surface area (Å²) in [5, 5.41) is 3.62. The van der Waals surface area contributed by atoms with Gasteiger partial charge in [-0.25, -0.2) is 10.0 Å². The van der Waals surface area contributed by atoms with Crippen molar-refractivity contribution in [3.63, 3.8) is 0 Å². The van der Waals surface area contributed by atoms with Gasteiger partial charge in [-0.2, -0.15) is 0 Å². The van der Waals surface area contributed by atoms with Crippen LogP contribution in [0.25, 0.3) is 0 Å². The van der Waals surface area contributed by atoms with Gasteiger partial charge in [-0.3, -0.25) is 15.0 Å². The molecule has 3 rings (SSSR count). The molecule has 2 N–H and O–H groups in total. The number of hydrogen-bond acceptors (Lipinski definition) is 5. The van der Waals surface area contributed by atoms with E-state index in [-0.39, 0.29) is 17.4 Å². The van der Waals surface area contributed by atoms with Gasteiger partial charge < -0.3 is 10.1 Å². The highest BCUT2D eigenvalue weighted by molar-refractivity contribution is 6.43. The Balaban J connectivity index is 1.76. The van der Waals surface area contributed by atoms with Crippen molar-refractivity contribution in [1.29, 1.82) is 0 Å². The number of anilines is 2. The predicted molar refractivity (Wildman–Crippen MR) is 95.7 cm³/mol. The molecule has 2 amide bonds. The van der Waals surface area contributed by atoms with Crippen LogP contribution in [0.5, 0.6) is 5.75 Å². The van der Waals surface area contributed by atoms with E-state index in [0.29, 0.717) is 5.69 Å². The third-order valence-electron chi connectivity index (χ3n) is 3.67. The molecular formula is C18H15F3N4O3. The number of amides is 2. The summed E-state index contributed by atoms with van der Waals surface area (Å²) in [6.45, 7) is 1.53. The molecule has 0 aromatic heterocycles. The van der Waals surface area contributed by atoms with Gasteiger partial charge in [-0.1, -0.05) is 24.3 Å². The second kappa shape index (κ2) is 7.59. The number of ether oxygens (including phenoxy) is 1. The highest BCUT2D eigenvalue weighted by Gasteiger charge is 2.32. The lowest BCUT2D eigenvalue weighted by molar-refractivity contribution is -0.274. The summed E-state index contributed by atoms with van der Waals surface area (Å²) in [7, 11) is 0. The molecule has 28 heavy (non-hydrogen) atoms. The Morgan fingerprint density at radius 2 is 1.89 bits per heavy atom. The molecule has 1 heterocycles. The number of carbonyl (C=O) groups is 2. The third-order valence-corrected chi connectivity index (χ3v) is 3.67. The Morgan fingerprint density at radius 1 is 1.18 bits per heavy atom. The first-order valence-corrected chi connectivity index (χ1v) is 8.13. The lowest BCUT2D eigenvalue weighted by Crippen LogP contribution is -2.57. The molecule has 7 nitrogen and oxygen atoms in total. The SMILES string of the molecule is CC1N=C(C(=O)Nc2cccc(OC(F)(F)F)c2)NN(c2ccccc2)C1=O. The Hall–Kier alpha value is -3.56. The van der Waals surface area contributed by atoms with Crippen LogP contribution in [0.4, 0.5) is 24.5 Å². The van der Waals surface area contributed by atoms with Crippen LogP contribution >= 0.6 is 0 Å².